The largest absolute Gasteiger partial charge is 0.375 e. The van der Waals surface area contributed by atoms with Gasteiger partial charge in [-0.15, -0.1) is 13.2 Å². The first-order chi connectivity index (χ1) is 7.54. The molecule has 0 aromatic heterocycles. The van der Waals surface area contributed by atoms with Crippen molar-refractivity contribution in [2.24, 2.45) is 5.41 Å². The van der Waals surface area contributed by atoms with Crippen molar-refractivity contribution in [3.8, 4) is 0 Å². The fourth-order valence-electron chi connectivity index (χ4n) is 2.73. The average molecular weight is 222 g/mol. The molecule has 1 nitrogen and oxygen atoms in total. The van der Waals surface area contributed by atoms with Crippen molar-refractivity contribution in [2.75, 3.05) is 6.61 Å². The molecule has 0 aromatic carbocycles. The van der Waals surface area contributed by atoms with Crippen LogP contribution >= 0.6 is 0 Å². The standard InChI is InChI=1S/C15H26O/c1-5-7-9-15(10-8-6-2)13-14(3,4)11-12-16-15/h5-6H,1-2,7-13H2,3-4H3. The molecule has 1 aliphatic rings. The average Bonchev–Trinajstić information content (AvgIpc) is 2.22. The second-order valence-electron chi connectivity index (χ2n) is 5.78. The van der Waals surface area contributed by atoms with E-state index in [0.717, 1.165) is 32.3 Å². The van der Waals surface area contributed by atoms with Crippen molar-refractivity contribution in [3.63, 3.8) is 0 Å². The van der Waals surface area contributed by atoms with Gasteiger partial charge in [-0.25, -0.2) is 0 Å². The molecule has 1 saturated heterocycles. The van der Waals surface area contributed by atoms with Crippen LogP contribution in [0.15, 0.2) is 25.3 Å². The zero-order chi connectivity index (χ0) is 12.1. The second-order valence-corrected chi connectivity index (χ2v) is 5.78. The zero-order valence-electron chi connectivity index (χ0n) is 10.9. The molecule has 0 saturated carbocycles. The van der Waals surface area contributed by atoms with Crippen molar-refractivity contribution in [3.05, 3.63) is 25.3 Å². The summed E-state index contributed by atoms with van der Waals surface area (Å²) in [7, 11) is 0. The van der Waals surface area contributed by atoms with Crippen LogP contribution in [0.1, 0.15) is 52.4 Å². The van der Waals surface area contributed by atoms with Crippen molar-refractivity contribution >= 4 is 0 Å². The number of rotatable bonds is 6. The van der Waals surface area contributed by atoms with E-state index >= 15 is 0 Å². The molecule has 0 bridgehead atoms. The van der Waals surface area contributed by atoms with Crippen LogP contribution in [0.4, 0.5) is 0 Å². The molecule has 1 heteroatoms. The molecule has 0 aliphatic carbocycles. The lowest BCUT2D eigenvalue weighted by atomic mass is 9.72. The number of allylic oxidation sites excluding steroid dienone is 2. The highest BCUT2D eigenvalue weighted by atomic mass is 16.5. The topological polar surface area (TPSA) is 9.23 Å². The molecule has 0 aromatic rings. The van der Waals surface area contributed by atoms with E-state index in [0.29, 0.717) is 5.41 Å². The van der Waals surface area contributed by atoms with Crippen LogP contribution in [0, 0.1) is 5.41 Å². The van der Waals surface area contributed by atoms with Crippen LogP contribution in [-0.2, 0) is 4.74 Å². The van der Waals surface area contributed by atoms with Gasteiger partial charge in [0.1, 0.15) is 0 Å². The van der Waals surface area contributed by atoms with Crippen LogP contribution < -0.4 is 0 Å². The Hall–Kier alpha value is -0.560. The normalized spacial score (nSPS) is 22.6. The third-order valence-electron chi connectivity index (χ3n) is 3.60. The van der Waals surface area contributed by atoms with E-state index in [9.17, 15) is 0 Å². The first kappa shape index (κ1) is 13.5. The van der Waals surface area contributed by atoms with Crippen LogP contribution in [0.2, 0.25) is 0 Å². The lowest BCUT2D eigenvalue weighted by Crippen LogP contribution is -2.43. The SMILES string of the molecule is C=CCCC1(CCC=C)CC(C)(C)CCO1. The third kappa shape index (κ3) is 3.79. The third-order valence-corrected chi connectivity index (χ3v) is 3.60. The lowest BCUT2D eigenvalue weighted by Gasteiger charge is -2.45. The first-order valence-corrected chi connectivity index (χ1v) is 6.39. The highest BCUT2D eigenvalue weighted by molar-refractivity contribution is 4.93. The molecule has 92 valence electrons. The van der Waals surface area contributed by atoms with Gasteiger partial charge >= 0.3 is 0 Å². The highest BCUT2D eigenvalue weighted by Gasteiger charge is 2.39. The predicted octanol–water partition coefficient (Wildman–Crippen LogP) is 4.49. The van der Waals surface area contributed by atoms with Crippen LogP contribution in [0.5, 0.6) is 0 Å². The van der Waals surface area contributed by atoms with E-state index in [1.54, 1.807) is 0 Å². The molecule has 0 radical (unpaired) electrons. The van der Waals surface area contributed by atoms with Gasteiger partial charge in [0.25, 0.3) is 0 Å². The van der Waals surface area contributed by atoms with Gasteiger partial charge in [0.15, 0.2) is 0 Å². The molecule has 1 fully saturated rings. The summed E-state index contributed by atoms with van der Waals surface area (Å²) in [5, 5.41) is 0. The second kappa shape index (κ2) is 5.67. The summed E-state index contributed by atoms with van der Waals surface area (Å²) in [5.41, 5.74) is 0.491. The summed E-state index contributed by atoms with van der Waals surface area (Å²) >= 11 is 0. The molecule has 1 heterocycles. The van der Waals surface area contributed by atoms with Gasteiger partial charge in [-0.05, 0) is 43.9 Å². The molecule has 0 unspecified atom stereocenters. The minimum Gasteiger partial charge on any atom is -0.375 e. The van der Waals surface area contributed by atoms with Gasteiger partial charge in [0.05, 0.1) is 5.60 Å². The van der Waals surface area contributed by atoms with Gasteiger partial charge in [-0.1, -0.05) is 26.0 Å². The van der Waals surface area contributed by atoms with Crippen LogP contribution in [-0.4, -0.2) is 12.2 Å². The maximum atomic E-state index is 6.11. The van der Waals surface area contributed by atoms with Crippen LogP contribution in [0.25, 0.3) is 0 Å². The van der Waals surface area contributed by atoms with E-state index < -0.39 is 0 Å². The summed E-state index contributed by atoms with van der Waals surface area (Å²) in [6.45, 7) is 13.2. The summed E-state index contributed by atoms with van der Waals surface area (Å²) in [4.78, 5) is 0. The Morgan fingerprint density at radius 2 is 1.69 bits per heavy atom. The molecule has 16 heavy (non-hydrogen) atoms. The Kier molecular flexibility index (Phi) is 4.79. The monoisotopic (exact) mass is 222 g/mol. The smallest absolute Gasteiger partial charge is 0.0693 e. The van der Waals surface area contributed by atoms with E-state index in [2.05, 4.69) is 27.0 Å². The van der Waals surface area contributed by atoms with Crippen molar-refractivity contribution in [1.29, 1.82) is 0 Å². The Morgan fingerprint density at radius 3 is 2.12 bits per heavy atom. The molecule has 0 N–H and O–H groups in total. The fourth-order valence-corrected chi connectivity index (χ4v) is 2.73. The zero-order valence-corrected chi connectivity index (χ0v) is 10.9. The van der Waals surface area contributed by atoms with Gasteiger partial charge in [0, 0.05) is 6.61 Å². The van der Waals surface area contributed by atoms with Gasteiger partial charge in [0.2, 0.25) is 0 Å². The first-order valence-electron chi connectivity index (χ1n) is 6.39. The maximum Gasteiger partial charge on any atom is 0.0693 e. The van der Waals surface area contributed by atoms with Crippen LogP contribution in [0.3, 0.4) is 0 Å². The maximum absolute atomic E-state index is 6.11. The highest BCUT2D eigenvalue weighted by Crippen LogP contribution is 2.43. The van der Waals surface area contributed by atoms with Crippen molar-refractivity contribution in [2.45, 2.75) is 58.0 Å². The van der Waals surface area contributed by atoms with E-state index in [-0.39, 0.29) is 5.60 Å². The molecule has 0 amide bonds. The van der Waals surface area contributed by atoms with Crippen molar-refractivity contribution in [1.82, 2.24) is 0 Å². The lowest BCUT2D eigenvalue weighted by molar-refractivity contribution is -0.125. The summed E-state index contributed by atoms with van der Waals surface area (Å²) in [6, 6.07) is 0. The minimum absolute atomic E-state index is 0.0735. The van der Waals surface area contributed by atoms with Gasteiger partial charge in [-0.2, -0.15) is 0 Å². The Bertz CT molecular complexity index is 228. The number of hydrogen-bond donors (Lipinski definition) is 0. The summed E-state index contributed by atoms with van der Waals surface area (Å²) < 4.78 is 6.11. The minimum atomic E-state index is 0.0735. The molecule has 0 spiro atoms. The molecule has 0 atom stereocenters. The molecular weight excluding hydrogens is 196 g/mol. The molecule has 1 rings (SSSR count). The quantitative estimate of drug-likeness (QED) is 0.601. The Morgan fingerprint density at radius 1 is 1.12 bits per heavy atom. The van der Waals surface area contributed by atoms with Gasteiger partial charge < -0.3 is 4.74 Å². The fraction of sp³-hybridized carbons (Fsp3) is 0.733. The summed E-state index contributed by atoms with van der Waals surface area (Å²) in [6.07, 6.45) is 10.7. The Labute approximate surface area is 101 Å². The summed E-state index contributed by atoms with van der Waals surface area (Å²) in [5.74, 6) is 0. The van der Waals surface area contributed by atoms with Gasteiger partial charge in [-0.3, -0.25) is 0 Å². The van der Waals surface area contributed by atoms with E-state index in [1.807, 2.05) is 12.2 Å². The predicted molar refractivity (Wildman–Crippen MR) is 70.6 cm³/mol. The Balaban J connectivity index is 2.67. The van der Waals surface area contributed by atoms with E-state index in [4.69, 9.17) is 4.74 Å². The van der Waals surface area contributed by atoms with E-state index in [1.165, 1.54) is 12.8 Å². The number of ether oxygens (including phenoxy) is 1. The molecule has 1 aliphatic heterocycles. The number of hydrogen-bond acceptors (Lipinski definition) is 1. The van der Waals surface area contributed by atoms with Crippen molar-refractivity contribution < 1.29 is 4.74 Å². The molecular formula is C15H26O.